The molecule has 0 saturated carbocycles. The number of hydrogen-bond acceptors (Lipinski definition) is 5. The Labute approximate surface area is 124 Å². The highest BCUT2D eigenvalue weighted by Crippen LogP contribution is 2.17. The number of sulfonamides is 1. The van der Waals surface area contributed by atoms with Crippen molar-refractivity contribution in [3.63, 3.8) is 0 Å². The second kappa shape index (κ2) is 7.02. The van der Waals surface area contributed by atoms with Crippen molar-refractivity contribution in [2.24, 2.45) is 0 Å². The summed E-state index contributed by atoms with van der Waals surface area (Å²) in [4.78, 5) is 11.7. The maximum atomic E-state index is 12.5. The number of ether oxygens (including phenoxy) is 1. The molecule has 0 amide bonds. The number of carbonyl (C=O) groups excluding carboxylic acids is 1. The average molecular weight is 312 g/mol. The molecular formula is C14H20N2O4S. The number of rotatable bonds is 4. The van der Waals surface area contributed by atoms with Crippen molar-refractivity contribution in [3.8, 4) is 0 Å². The Hall–Kier alpha value is -1.44. The predicted octanol–water partition coefficient (Wildman–Crippen LogP) is 0.894. The van der Waals surface area contributed by atoms with Gasteiger partial charge in [0, 0.05) is 12.6 Å². The van der Waals surface area contributed by atoms with Crippen LogP contribution in [0.25, 0.3) is 0 Å². The van der Waals surface area contributed by atoms with E-state index in [1.165, 1.54) is 19.2 Å². The van der Waals surface area contributed by atoms with E-state index in [1.807, 2.05) is 0 Å². The maximum Gasteiger partial charge on any atom is 0.339 e. The van der Waals surface area contributed by atoms with Crippen LogP contribution in [-0.4, -0.2) is 40.6 Å². The predicted molar refractivity (Wildman–Crippen MR) is 78.6 cm³/mol. The lowest BCUT2D eigenvalue weighted by atomic mass is 10.2. The van der Waals surface area contributed by atoms with Gasteiger partial charge in [-0.3, -0.25) is 0 Å². The standard InChI is InChI=1S/C14H20N2O4S/c1-20-14(17)12-7-2-3-8-13(12)21(18,19)16-11-6-4-5-9-15-10-11/h2-3,7-8,11,15-16H,4-6,9-10H2,1H3. The van der Waals surface area contributed by atoms with Gasteiger partial charge in [-0.25, -0.2) is 17.9 Å². The first-order valence-corrected chi connectivity index (χ1v) is 8.43. The van der Waals surface area contributed by atoms with Gasteiger partial charge in [-0.05, 0) is 31.5 Å². The maximum absolute atomic E-state index is 12.5. The number of nitrogens with one attached hydrogen (secondary N) is 2. The number of esters is 1. The third-order valence-electron chi connectivity index (χ3n) is 3.45. The van der Waals surface area contributed by atoms with Gasteiger partial charge in [0.15, 0.2) is 0 Å². The molecule has 1 aliphatic heterocycles. The Morgan fingerprint density at radius 2 is 2.10 bits per heavy atom. The summed E-state index contributed by atoms with van der Waals surface area (Å²) < 4.78 is 32.3. The van der Waals surface area contributed by atoms with Crippen molar-refractivity contribution in [2.75, 3.05) is 20.2 Å². The molecule has 1 aliphatic rings. The van der Waals surface area contributed by atoms with E-state index in [2.05, 4.69) is 14.8 Å². The number of benzene rings is 1. The molecule has 7 heteroatoms. The topological polar surface area (TPSA) is 84.5 Å². The summed E-state index contributed by atoms with van der Waals surface area (Å²) in [5, 5.41) is 3.20. The molecule has 0 aliphatic carbocycles. The number of methoxy groups -OCH3 is 1. The van der Waals surface area contributed by atoms with Crippen LogP contribution >= 0.6 is 0 Å². The second-order valence-corrected chi connectivity index (χ2v) is 6.69. The Bertz CT molecular complexity index is 593. The molecule has 1 atom stereocenters. The van der Waals surface area contributed by atoms with Gasteiger partial charge >= 0.3 is 5.97 Å². The summed E-state index contributed by atoms with van der Waals surface area (Å²) >= 11 is 0. The van der Waals surface area contributed by atoms with Crippen LogP contribution in [-0.2, 0) is 14.8 Å². The Balaban J connectivity index is 2.25. The van der Waals surface area contributed by atoms with E-state index in [0.717, 1.165) is 25.8 Å². The molecule has 0 aromatic heterocycles. The monoisotopic (exact) mass is 312 g/mol. The zero-order valence-corrected chi connectivity index (χ0v) is 12.8. The van der Waals surface area contributed by atoms with Crippen molar-refractivity contribution in [2.45, 2.75) is 30.2 Å². The zero-order chi connectivity index (χ0) is 15.3. The minimum Gasteiger partial charge on any atom is -0.465 e. The summed E-state index contributed by atoms with van der Waals surface area (Å²) in [6, 6.07) is 5.90. The number of carbonyl (C=O) groups is 1. The van der Waals surface area contributed by atoms with Gasteiger partial charge < -0.3 is 10.1 Å². The Morgan fingerprint density at radius 3 is 2.86 bits per heavy atom. The van der Waals surface area contributed by atoms with Crippen molar-refractivity contribution in [1.82, 2.24) is 10.0 Å². The second-order valence-electron chi connectivity index (χ2n) is 5.01. The molecule has 116 valence electrons. The lowest BCUT2D eigenvalue weighted by molar-refractivity contribution is 0.0596. The van der Waals surface area contributed by atoms with E-state index in [9.17, 15) is 13.2 Å². The molecule has 1 heterocycles. The van der Waals surface area contributed by atoms with Crippen molar-refractivity contribution in [1.29, 1.82) is 0 Å². The zero-order valence-electron chi connectivity index (χ0n) is 12.0. The fourth-order valence-corrected chi connectivity index (χ4v) is 3.85. The van der Waals surface area contributed by atoms with Gasteiger partial charge in [0.05, 0.1) is 17.6 Å². The largest absolute Gasteiger partial charge is 0.465 e. The first-order chi connectivity index (χ1) is 10.0. The van der Waals surface area contributed by atoms with E-state index in [0.29, 0.717) is 6.54 Å². The molecule has 0 spiro atoms. The van der Waals surface area contributed by atoms with Gasteiger partial charge in [0.25, 0.3) is 0 Å². The lowest BCUT2D eigenvalue weighted by Gasteiger charge is -2.17. The van der Waals surface area contributed by atoms with E-state index >= 15 is 0 Å². The van der Waals surface area contributed by atoms with Crippen LogP contribution < -0.4 is 10.0 Å². The van der Waals surface area contributed by atoms with Crippen LogP contribution in [0, 0.1) is 0 Å². The fourth-order valence-electron chi connectivity index (χ4n) is 2.38. The smallest absolute Gasteiger partial charge is 0.339 e. The molecule has 1 fully saturated rings. The molecular weight excluding hydrogens is 292 g/mol. The fraction of sp³-hybridized carbons (Fsp3) is 0.500. The first-order valence-electron chi connectivity index (χ1n) is 6.95. The Kier molecular flexibility index (Phi) is 5.33. The van der Waals surface area contributed by atoms with Crippen LogP contribution in [0.1, 0.15) is 29.6 Å². The van der Waals surface area contributed by atoms with Gasteiger partial charge in [-0.2, -0.15) is 0 Å². The van der Waals surface area contributed by atoms with Crippen molar-refractivity contribution >= 4 is 16.0 Å². The van der Waals surface area contributed by atoms with Crippen LogP contribution in [0.4, 0.5) is 0 Å². The molecule has 0 bridgehead atoms. The summed E-state index contributed by atoms with van der Waals surface area (Å²) in [5.41, 5.74) is 0.0501. The summed E-state index contributed by atoms with van der Waals surface area (Å²) in [5.74, 6) is -0.657. The van der Waals surface area contributed by atoms with Gasteiger partial charge in [0.1, 0.15) is 0 Å². The third kappa shape index (κ3) is 4.03. The molecule has 2 N–H and O–H groups in total. The van der Waals surface area contributed by atoms with E-state index in [1.54, 1.807) is 12.1 Å². The molecule has 0 radical (unpaired) electrons. The minimum atomic E-state index is -3.75. The van der Waals surface area contributed by atoms with Crippen LogP contribution in [0.3, 0.4) is 0 Å². The van der Waals surface area contributed by atoms with Crippen molar-refractivity contribution in [3.05, 3.63) is 29.8 Å². The molecule has 1 aromatic rings. The van der Waals surface area contributed by atoms with Crippen LogP contribution in [0.2, 0.25) is 0 Å². The molecule has 2 rings (SSSR count). The third-order valence-corrected chi connectivity index (χ3v) is 5.03. The molecule has 1 aromatic carbocycles. The lowest BCUT2D eigenvalue weighted by Crippen LogP contribution is -2.41. The van der Waals surface area contributed by atoms with Crippen molar-refractivity contribution < 1.29 is 17.9 Å². The highest BCUT2D eigenvalue weighted by molar-refractivity contribution is 7.89. The van der Waals surface area contributed by atoms with Crippen LogP contribution in [0.5, 0.6) is 0 Å². The summed E-state index contributed by atoms with van der Waals surface area (Å²) in [6.07, 6.45) is 2.79. The summed E-state index contributed by atoms with van der Waals surface area (Å²) in [7, 11) is -2.52. The molecule has 1 unspecified atom stereocenters. The molecule has 1 saturated heterocycles. The Morgan fingerprint density at radius 1 is 1.33 bits per heavy atom. The normalized spacial score (nSPS) is 19.8. The highest BCUT2D eigenvalue weighted by Gasteiger charge is 2.25. The van der Waals surface area contributed by atoms with E-state index in [4.69, 9.17) is 0 Å². The van der Waals surface area contributed by atoms with Gasteiger partial charge in [-0.1, -0.05) is 18.6 Å². The van der Waals surface area contributed by atoms with E-state index < -0.39 is 16.0 Å². The van der Waals surface area contributed by atoms with Gasteiger partial charge in [0.2, 0.25) is 10.0 Å². The quantitative estimate of drug-likeness (QED) is 0.807. The average Bonchev–Trinajstić information content (AvgIpc) is 2.74. The minimum absolute atomic E-state index is 0.0407. The van der Waals surface area contributed by atoms with Crippen LogP contribution in [0.15, 0.2) is 29.2 Å². The SMILES string of the molecule is COC(=O)c1ccccc1S(=O)(=O)NC1CCCCNC1. The first kappa shape index (κ1) is 15.9. The summed E-state index contributed by atoms with van der Waals surface area (Å²) in [6.45, 7) is 1.50. The van der Waals surface area contributed by atoms with E-state index in [-0.39, 0.29) is 16.5 Å². The molecule has 21 heavy (non-hydrogen) atoms. The van der Waals surface area contributed by atoms with Gasteiger partial charge in [-0.15, -0.1) is 0 Å². The number of hydrogen-bond donors (Lipinski definition) is 2. The molecule has 6 nitrogen and oxygen atoms in total. The highest BCUT2D eigenvalue weighted by atomic mass is 32.2.